The second-order valence-electron chi connectivity index (χ2n) is 8.29. The second-order valence-corrected chi connectivity index (χ2v) is 8.29. The Morgan fingerprint density at radius 1 is 1.18 bits per heavy atom. The molecule has 3 atom stereocenters. The molecule has 2 aromatic rings. The van der Waals surface area contributed by atoms with Crippen LogP contribution in [0.15, 0.2) is 42.5 Å². The molecule has 1 amide bonds. The first-order chi connectivity index (χ1) is 16.3. The minimum atomic E-state index is -1.06. The summed E-state index contributed by atoms with van der Waals surface area (Å²) in [4.78, 5) is 25.6. The molecule has 34 heavy (non-hydrogen) atoms. The summed E-state index contributed by atoms with van der Waals surface area (Å²) in [5.74, 6) is -0.194. The molecule has 0 saturated carbocycles. The van der Waals surface area contributed by atoms with Gasteiger partial charge in [0.2, 0.25) is 0 Å². The van der Waals surface area contributed by atoms with E-state index in [0.29, 0.717) is 13.0 Å². The molecule has 184 valence electrons. The van der Waals surface area contributed by atoms with Crippen LogP contribution in [0, 0.1) is 6.92 Å². The van der Waals surface area contributed by atoms with E-state index in [4.69, 9.17) is 18.9 Å². The molecule has 1 aliphatic heterocycles. The molecule has 2 aromatic carbocycles. The number of amides is 1. The van der Waals surface area contributed by atoms with E-state index in [0.717, 1.165) is 11.1 Å². The third-order valence-electron chi connectivity index (χ3n) is 5.57. The van der Waals surface area contributed by atoms with Crippen molar-refractivity contribution in [1.82, 2.24) is 4.90 Å². The third-order valence-corrected chi connectivity index (χ3v) is 5.57. The van der Waals surface area contributed by atoms with E-state index in [1.165, 1.54) is 12.0 Å². The summed E-state index contributed by atoms with van der Waals surface area (Å²) in [5, 5.41) is 19.0. The fraction of sp³-hybridized carbons (Fsp3) is 0.440. The molecule has 1 fully saturated rings. The van der Waals surface area contributed by atoms with Crippen molar-refractivity contribution in [2.24, 2.45) is 0 Å². The molecule has 9 nitrogen and oxygen atoms in total. The lowest BCUT2D eigenvalue weighted by Gasteiger charge is -2.23. The number of ether oxygens (including phenoxy) is 4. The van der Waals surface area contributed by atoms with Gasteiger partial charge in [0.25, 0.3) is 0 Å². The first-order valence-corrected chi connectivity index (χ1v) is 11.1. The molecular weight excluding hydrogens is 442 g/mol. The van der Waals surface area contributed by atoms with Gasteiger partial charge in [-0.2, -0.15) is 0 Å². The number of carboxylic acid groups (broad SMARTS) is 1. The van der Waals surface area contributed by atoms with Crippen molar-refractivity contribution in [3.8, 4) is 11.5 Å². The van der Waals surface area contributed by atoms with E-state index in [-0.39, 0.29) is 42.9 Å². The van der Waals surface area contributed by atoms with Crippen LogP contribution in [0.25, 0.3) is 0 Å². The number of nitrogens with zero attached hydrogens (tertiary/aromatic N) is 1. The average molecular weight is 474 g/mol. The Labute approximate surface area is 198 Å². The second kappa shape index (κ2) is 11.7. The van der Waals surface area contributed by atoms with Crippen LogP contribution in [0.2, 0.25) is 0 Å². The lowest BCUT2D eigenvalue weighted by Crippen LogP contribution is -2.38. The molecule has 0 radical (unpaired) electrons. The molecule has 2 N–H and O–H groups in total. The summed E-state index contributed by atoms with van der Waals surface area (Å²) >= 11 is 0. The van der Waals surface area contributed by atoms with Crippen LogP contribution in [-0.4, -0.2) is 72.3 Å². The topological polar surface area (TPSA) is 115 Å². The fourth-order valence-corrected chi connectivity index (χ4v) is 3.85. The van der Waals surface area contributed by atoms with Gasteiger partial charge in [-0.15, -0.1) is 0 Å². The quantitative estimate of drug-likeness (QED) is 0.506. The molecule has 1 unspecified atom stereocenters. The summed E-state index contributed by atoms with van der Waals surface area (Å²) in [6.07, 6.45) is -1.41. The number of hydrogen-bond acceptors (Lipinski definition) is 7. The molecule has 3 rings (SSSR count). The standard InChI is InChI=1S/C25H31NO8/c1-16-9-21(23(24(28)31-3)22(10-16)34-17(2)13-27)33-15-19-11-20(12-26(19)25(29)30)32-14-18-7-5-4-6-8-18/h4-10,17,19-20,27H,11-15H2,1-3H3,(H,29,30)/t17?,19-,20+/m1/s1. The Kier molecular flexibility index (Phi) is 8.72. The third kappa shape index (κ3) is 6.39. The Bertz CT molecular complexity index is 980. The minimum absolute atomic E-state index is 0.0277. The maximum absolute atomic E-state index is 12.5. The first kappa shape index (κ1) is 25.3. The van der Waals surface area contributed by atoms with Crippen LogP contribution in [0.4, 0.5) is 4.79 Å². The number of carbonyl (C=O) groups excluding carboxylic acids is 1. The van der Waals surface area contributed by atoms with Crippen molar-refractivity contribution >= 4 is 12.1 Å². The lowest BCUT2D eigenvalue weighted by molar-refractivity contribution is 0.0465. The Morgan fingerprint density at radius 2 is 1.88 bits per heavy atom. The zero-order valence-electron chi connectivity index (χ0n) is 19.6. The predicted molar refractivity (Wildman–Crippen MR) is 123 cm³/mol. The zero-order chi connectivity index (χ0) is 24.7. The number of aliphatic hydroxyl groups is 1. The summed E-state index contributed by atoms with van der Waals surface area (Å²) in [6.45, 7) is 3.90. The van der Waals surface area contributed by atoms with E-state index in [1.807, 2.05) is 37.3 Å². The van der Waals surface area contributed by atoms with Gasteiger partial charge in [0.15, 0.2) is 0 Å². The first-order valence-electron chi connectivity index (χ1n) is 11.1. The summed E-state index contributed by atoms with van der Waals surface area (Å²) in [7, 11) is 1.25. The van der Waals surface area contributed by atoms with E-state index in [9.17, 15) is 19.8 Å². The van der Waals surface area contributed by atoms with Crippen LogP contribution in [0.5, 0.6) is 11.5 Å². The van der Waals surface area contributed by atoms with Gasteiger partial charge in [-0.1, -0.05) is 30.3 Å². The number of carbonyl (C=O) groups is 2. The number of rotatable bonds is 10. The zero-order valence-corrected chi connectivity index (χ0v) is 19.6. The fourth-order valence-electron chi connectivity index (χ4n) is 3.85. The molecule has 0 spiro atoms. The normalized spacial score (nSPS) is 18.4. The van der Waals surface area contributed by atoms with E-state index in [2.05, 4.69) is 0 Å². The van der Waals surface area contributed by atoms with Gasteiger partial charge in [0.05, 0.1) is 39.0 Å². The molecule has 1 aliphatic rings. The van der Waals surface area contributed by atoms with Crippen LogP contribution in [-0.2, 0) is 16.1 Å². The minimum Gasteiger partial charge on any atom is -0.490 e. The van der Waals surface area contributed by atoms with Crippen LogP contribution in [0.1, 0.15) is 34.8 Å². The maximum atomic E-state index is 12.5. The SMILES string of the molecule is COC(=O)c1c(OC[C@H]2C[C@H](OCc3ccccc3)CN2C(=O)O)cc(C)cc1OC(C)CO. The summed E-state index contributed by atoms with van der Waals surface area (Å²) in [5.41, 5.74) is 1.87. The van der Waals surface area contributed by atoms with Crippen molar-refractivity contribution in [2.75, 3.05) is 26.9 Å². The molecule has 1 saturated heterocycles. The van der Waals surface area contributed by atoms with Crippen molar-refractivity contribution in [2.45, 2.75) is 45.1 Å². The van der Waals surface area contributed by atoms with Gasteiger partial charge in [-0.3, -0.25) is 4.90 Å². The van der Waals surface area contributed by atoms with Crippen molar-refractivity contribution in [3.63, 3.8) is 0 Å². The van der Waals surface area contributed by atoms with E-state index >= 15 is 0 Å². The van der Waals surface area contributed by atoms with Crippen LogP contribution in [0.3, 0.4) is 0 Å². The van der Waals surface area contributed by atoms with Crippen molar-refractivity contribution in [1.29, 1.82) is 0 Å². The van der Waals surface area contributed by atoms with Gasteiger partial charge in [0, 0.05) is 0 Å². The van der Waals surface area contributed by atoms with Gasteiger partial charge in [-0.25, -0.2) is 9.59 Å². The Balaban J connectivity index is 1.74. The molecule has 0 aliphatic carbocycles. The number of aryl methyl sites for hydroxylation is 1. The monoisotopic (exact) mass is 473 g/mol. The van der Waals surface area contributed by atoms with E-state index in [1.54, 1.807) is 19.1 Å². The van der Waals surface area contributed by atoms with Gasteiger partial charge in [0.1, 0.15) is 29.8 Å². The molecule has 0 aromatic heterocycles. The van der Waals surface area contributed by atoms with Gasteiger partial charge < -0.3 is 29.2 Å². The van der Waals surface area contributed by atoms with Gasteiger partial charge >= 0.3 is 12.1 Å². The highest BCUT2D eigenvalue weighted by atomic mass is 16.5. The molecular formula is C25H31NO8. The summed E-state index contributed by atoms with van der Waals surface area (Å²) in [6, 6.07) is 12.6. The number of aliphatic hydroxyl groups excluding tert-OH is 1. The van der Waals surface area contributed by atoms with Crippen molar-refractivity contribution < 1.29 is 38.7 Å². The van der Waals surface area contributed by atoms with Gasteiger partial charge in [-0.05, 0) is 43.5 Å². The number of hydrogen-bond donors (Lipinski definition) is 2. The number of methoxy groups -OCH3 is 1. The number of esters is 1. The van der Waals surface area contributed by atoms with E-state index < -0.39 is 24.2 Å². The highest BCUT2D eigenvalue weighted by molar-refractivity contribution is 5.95. The highest BCUT2D eigenvalue weighted by Crippen LogP contribution is 2.33. The molecule has 0 bridgehead atoms. The molecule has 9 heteroatoms. The van der Waals surface area contributed by atoms with Crippen molar-refractivity contribution in [3.05, 3.63) is 59.2 Å². The Morgan fingerprint density at radius 3 is 2.53 bits per heavy atom. The highest BCUT2D eigenvalue weighted by Gasteiger charge is 2.37. The largest absolute Gasteiger partial charge is 0.490 e. The summed E-state index contributed by atoms with van der Waals surface area (Å²) < 4.78 is 22.5. The lowest BCUT2D eigenvalue weighted by atomic mass is 10.1. The number of benzene rings is 2. The van der Waals surface area contributed by atoms with Crippen LogP contribution < -0.4 is 9.47 Å². The maximum Gasteiger partial charge on any atom is 0.407 e. The average Bonchev–Trinajstić information content (AvgIpc) is 3.25. The smallest absolute Gasteiger partial charge is 0.407 e. The Hall–Kier alpha value is -3.30. The van der Waals surface area contributed by atoms with Crippen LogP contribution >= 0.6 is 0 Å². The number of likely N-dealkylation sites (tertiary alicyclic amines) is 1. The molecule has 1 heterocycles. The predicted octanol–water partition coefficient (Wildman–Crippen LogP) is 3.26.